The van der Waals surface area contributed by atoms with Gasteiger partial charge in [-0.3, -0.25) is 0 Å². The number of aromatic nitrogens is 2. The fourth-order valence-electron chi connectivity index (χ4n) is 2.51. The van der Waals surface area contributed by atoms with Gasteiger partial charge in [-0.1, -0.05) is 13.8 Å². The summed E-state index contributed by atoms with van der Waals surface area (Å²) in [6.07, 6.45) is 4.12. The van der Waals surface area contributed by atoms with Gasteiger partial charge in [-0.05, 0) is 39.5 Å². The summed E-state index contributed by atoms with van der Waals surface area (Å²) >= 11 is 0. The molecule has 0 spiro atoms. The van der Waals surface area contributed by atoms with Crippen molar-refractivity contribution in [3.8, 4) is 0 Å². The summed E-state index contributed by atoms with van der Waals surface area (Å²) in [6, 6.07) is 0. The fourth-order valence-corrected chi connectivity index (χ4v) is 2.51. The van der Waals surface area contributed by atoms with Crippen LogP contribution in [0.25, 0.3) is 0 Å². The molecule has 1 aliphatic heterocycles. The van der Waals surface area contributed by atoms with Crippen molar-refractivity contribution in [3.63, 3.8) is 0 Å². The molecular weight excluding hydrogens is 238 g/mol. The maximum Gasteiger partial charge on any atom is 0.162 e. The highest BCUT2D eigenvalue weighted by molar-refractivity contribution is 5.46. The van der Waals surface area contributed by atoms with Crippen molar-refractivity contribution in [2.45, 2.75) is 59.0 Å². The summed E-state index contributed by atoms with van der Waals surface area (Å²) < 4.78 is 5.87. The summed E-state index contributed by atoms with van der Waals surface area (Å²) in [6.45, 7) is 10.3. The summed E-state index contributed by atoms with van der Waals surface area (Å²) in [5.41, 5.74) is 1.99. The van der Waals surface area contributed by atoms with Gasteiger partial charge in [0, 0.05) is 24.4 Å². The van der Waals surface area contributed by atoms with Gasteiger partial charge in [-0.25, -0.2) is 9.97 Å². The van der Waals surface area contributed by atoms with E-state index in [-0.39, 0.29) is 5.60 Å². The van der Waals surface area contributed by atoms with Gasteiger partial charge in [0.2, 0.25) is 0 Å². The van der Waals surface area contributed by atoms with Gasteiger partial charge in [-0.2, -0.15) is 0 Å². The Kier molecular flexibility index (Phi) is 4.40. The molecule has 0 amide bonds. The zero-order chi connectivity index (χ0) is 13.9. The average Bonchev–Trinajstić information content (AvgIpc) is 2.85. The molecule has 1 N–H and O–H groups in total. The molecule has 1 fully saturated rings. The van der Waals surface area contributed by atoms with Gasteiger partial charge in [0.1, 0.15) is 11.4 Å². The first-order valence-corrected chi connectivity index (χ1v) is 7.36. The van der Waals surface area contributed by atoms with E-state index in [1.165, 1.54) is 5.56 Å². The summed E-state index contributed by atoms with van der Waals surface area (Å²) in [5, 5.41) is 3.41. The number of ether oxygens (including phenoxy) is 1. The normalized spacial score (nSPS) is 22.7. The molecule has 0 aromatic carbocycles. The predicted octanol–water partition coefficient (Wildman–Crippen LogP) is 3.19. The molecule has 1 aromatic heterocycles. The second-order valence-corrected chi connectivity index (χ2v) is 5.43. The van der Waals surface area contributed by atoms with Crippen LogP contribution in [0.15, 0.2) is 0 Å². The lowest BCUT2D eigenvalue weighted by atomic mass is 10.0. The number of hydrogen-bond donors (Lipinski definition) is 1. The van der Waals surface area contributed by atoms with Crippen molar-refractivity contribution >= 4 is 5.82 Å². The van der Waals surface area contributed by atoms with E-state index < -0.39 is 0 Å². The zero-order valence-electron chi connectivity index (χ0n) is 12.5. The van der Waals surface area contributed by atoms with Gasteiger partial charge >= 0.3 is 0 Å². The molecule has 4 heteroatoms. The summed E-state index contributed by atoms with van der Waals surface area (Å²) in [5.74, 6) is 1.81. The third kappa shape index (κ3) is 2.89. The largest absolute Gasteiger partial charge is 0.370 e. The monoisotopic (exact) mass is 263 g/mol. The van der Waals surface area contributed by atoms with Crippen LogP contribution < -0.4 is 5.32 Å². The highest BCUT2D eigenvalue weighted by atomic mass is 16.5. The van der Waals surface area contributed by atoms with E-state index in [1.54, 1.807) is 0 Å². The van der Waals surface area contributed by atoms with E-state index in [1.807, 2.05) is 0 Å². The minimum absolute atomic E-state index is 0.305. The topological polar surface area (TPSA) is 47.0 Å². The molecule has 1 aromatic rings. The predicted molar refractivity (Wildman–Crippen MR) is 77.5 cm³/mol. The Hall–Kier alpha value is -1.16. The molecule has 2 rings (SSSR count). The molecule has 4 nitrogen and oxygen atoms in total. The maximum atomic E-state index is 5.87. The van der Waals surface area contributed by atoms with Crippen molar-refractivity contribution in [1.82, 2.24) is 9.97 Å². The minimum atomic E-state index is -0.305. The Morgan fingerprint density at radius 1 is 1.32 bits per heavy atom. The van der Waals surface area contributed by atoms with Crippen LogP contribution in [0.2, 0.25) is 0 Å². The number of nitrogens with zero attached hydrogens (tertiary/aromatic N) is 2. The van der Waals surface area contributed by atoms with Crippen molar-refractivity contribution in [2.75, 3.05) is 18.5 Å². The second kappa shape index (κ2) is 5.87. The smallest absolute Gasteiger partial charge is 0.162 e. The molecule has 0 saturated carbocycles. The third-order valence-corrected chi connectivity index (χ3v) is 3.82. The van der Waals surface area contributed by atoms with Crippen molar-refractivity contribution in [2.24, 2.45) is 0 Å². The van der Waals surface area contributed by atoms with E-state index in [9.17, 15) is 0 Å². The number of aryl methyl sites for hydroxylation is 1. The zero-order valence-corrected chi connectivity index (χ0v) is 12.5. The molecule has 2 heterocycles. The van der Waals surface area contributed by atoms with Crippen LogP contribution >= 0.6 is 0 Å². The number of nitrogens with one attached hydrogen (secondary N) is 1. The van der Waals surface area contributed by atoms with Gasteiger partial charge in [-0.15, -0.1) is 0 Å². The molecule has 106 valence electrons. The standard InChI is InChI=1S/C15H25N3O/c1-5-9-16-13-11(3)12(6-2)17-14(18-13)15(4)8-7-10-19-15/h5-10H2,1-4H3,(H,16,17,18). The van der Waals surface area contributed by atoms with Crippen LogP contribution in [-0.4, -0.2) is 23.1 Å². The van der Waals surface area contributed by atoms with Crippen molar-refractivity contribution in [1.29, 1.82) is 0 Å². The molecular formula is C15H25N3O. The van der Waals surface area contributed by atoms with E-state index in [2.05, 4.69) is 33.0 Å². The first-order chi connectivity index (χ1) is 9.10. The van der Waals surface area contributed by atoms with Crippen LogP contribution in [0.3, 0.4) is 0 Å². The van der Waals surface area contributed by atoms with Crippen LogP contribution in [0.1, 0.15) is 57.1 Å². The van der Waals surface area contributed by atoms with Crippen LogP contribution in [0, 0.1) is 6.92 Å². The summed E-state index contributed by atoms with van der Waals surface area (Å²) in [7, 11) is 0. The van der Waals surface area contributed by atoms with Gasteiger partial charge < -0.3 is 10.1 Å². The van der Waals surface area contributed by atoms with Crippen molar-refractivity contribution in [3.05, 3.63) is 17.1 Å². The number of rotatable bonds is 5. The van der Waals surface area contributed by atoms with E-state index in [0.717, 1.165) is 56.2 Å². The molecule has 1 atom stereocenters. The second-order valence-electron chi connectivity index (χ2n) is 5.43. The minimum Gasteiger partial charge on any atom is -0.370 e. The molecule has 0 radical (unpaired) electrons. The van der Waals surface area contributed by atoms with Crippen molar-refractivity contribution < 1.29 is 4.74 Å². The first-order valence-electron chi connectivity index (χ1n) is 7.36. The molecule has 0 aliphatic carbocycles. The SMILES string of the molecule is CCCNc1nc(C2(C)CCCO2)nc(CC)c1C. The number of anilines is 1. The Balaban J connectivity index is 2.38. The fraction of sp³-hybridized carbons (Fsp3) is 0.733. The quantitative estimate of drug-likeness (QED) is 0.886. The Labute approximate surface area is 116 Å². The van der Waals surface area contributed by atoms with E-state index in [0.29, 0.717) is 0 Å². The molecule has 1 saturated heterocycles. The highest BCUT2D eigenvalue weighted by Crippen LogP contribution is 2.34. The average molecular weight is 263 g/mol. The van der Waals surface area contributed by atoms with Gasteiger partial charge in [0.25, 0.3) is 0 Å². The molecule has 1 unspecified atom stereocenters. The third-order valence-electron chi connectivity index (χ3n) is 3.82. The molecule has 0 bridgehead atoms. The van der Waals surface area contributed by atoms with Crippen LogP contribution in [0.5, 0.6) is 0 Å². The van der Waals surface area contributed by atoms with E-state index >= 15 is 0 Å². The lowest BCUT2D eigenvalue weighted by Crippen LogP contribution is -2.25. The summed E-state index contributed by atoms with van der Waals surface area (Å²) in [4.78, 5) is 9.46. The van der Waals surface area contributed by atoms with Gasteiger partial charge in [0.05, 0.1) is 0 Å². The van der Waals surface area contributed by atoms with E-state index in [4.69, 9.17) is 14.7 Å². The lowest BCUT2D eigenvalue weighted by Gasteiger charge is -2.23. The first kappa shape index (κ1) is 14.3. The van der Waals surface area contributed by atoms with Gasteiger partial charge in [0.15, 0.2) is 5.82 Å². The maximum absolute atomic E-state index is 5.87. The number of hydrogen-bond acceptors (Lipinski definition) is 4. The Morgan fingerprint density at radius 2 is 2.11 bits per heavy atom. The molecule has 19 heavy (non-hydrogen) atoms. The van der Waals surface area contributed by atoms with Crippen LogP contribution in [-0.2, 0) is 16.8 Å². The highest BCUT2D eigenvalue weighted by Gasteiger charge is 2.35. The Morgan fingerprint density at radius 3 is 2.68 bits per heavy atom. The lowest BCUT2D eigenvalue weighted by molar-refractivity contribution is 0.00925. The molecule has 1 aliphatic rings. The van der Waals surface area contributed by atoms with Crippen LogP contribution in [0.4, 0.5) is 5.82 Å². The Bertz CT molecular complexity index is 439.